The quantitative estimate of drug-likeness (QED) is 0.300. The van der Waals surface area contributed by atoms with Crippen LogP contribution in [-0.2, 0) is 10.5 Å². The van der Waals surface area contributed by atoms with E-state index < -0.39 is 36.9 Å². The number of nitrogens with zero attached hydrogens (tertiary/aromatic N) is 4. The van der Waals surface area contributed by atoms with Crippen LogP contribution in [0.3, 0.4) is 0 Å². The zero-order valence-electron chi connectivity index (χ0n) is 15.5. The minimum Gasteiger partial charge on any atom is -0.394 e. The first kappa shape index (κ1) is 19.5. The number of benzene rings is 1. The number of imidazole rings is 1. The van der Waals surface area contributed by atoms with Crippen LogP contribution in [0.15, 0.2) is 36.7 Å². The SMILES string of the molecule is CC(O)(Nc1nc(N)c2ncn([C@@H]3O[C@H](CO)C(O)C3O)c2n1)c1ccccc1. The summed E-state index contributed by atoms with van der Waals surface area (Å²) in [5.41, 5.74) is 5.62. The Labute approximate surface area is 165 Å². The van der Waals surface area contributed by atoms with Crippen molar-refractivity contribution in [2.24, 2.45) is 0 Å². The van der Waals surface area contributed by atoms with Crippen LogP contribution in [-0.4, -0.2) is 64.9 Å². The van der Waals surface area contributed by atoms with Crippen molar-refractivity contribution in [3.63, 3.8) is 0 Å². The number of rotatable bonds is 5. The zero-order valence-corrected chi connectivity index (χ0v) is 15.5. The lowest BCUT2D eigenvalue weighted by molar-refractivity contribution is -0.0511. The molecule has 7 N–H and O–H groups in total. The van der Waals surface area contributed by atoms with Crippen LogP contribution < -0.4 is 11.1 Å². The van der Waals surface area contributed by atoms with Crippen LogP contribution in [0.2, 0.25) is 0 Å². The van der Waals surface area contributed by atoms with Crippen molar-refractivity contribution in [2.75, 3.05) is 17.7 Å². The molecule has 1 saturated heterocycles. The fourth-order valence-electron chi connectivity index (χ4n) is 3.34. The van der Waals surface area contributed by atoms with Crippen molar-refractivity contribution in [2.45, 2.75) is 37.2 Å². The molecule has 0 amide bonds. The average Bonchev–Trinajstić information content (AvgIpc) is 3.24. The Kier molecular flexibility index (Phi) is 4.84. The van der Waals surface area contributed by atoms with Gasteiger partial charge in [-0.1, -0.05) is 30.3 Å². The molecule has 154 valence electrons. The van der Waals surface area contributed by atoms with Gasteiger partial charge < -0.3 is 36.2 Å². The summed E-state index contributed by atoms with van der Waals surface area (Å²) in [6, 6.07) is 8.91. The Morgan fingerprint density at radius 1 is 1.21 bits per heavy atom. The molecular formula is C18H22N6O5. The first-order valence-electron chi connectivity index (χ1n) is 9.00. The summed E-state index contributed by atoms with van der Waals surface area (Å²) in [5, 5.41) is 43.2. The minimum absolute atomic E-state index is 0.0392. The average molecular weight is 402 g/mol. The molecule has 0 bridgehead atoms. The largest absolute Gasteiger partial charge is 0.394 e. The number of hydrogen-bond donors (Lipinski definition) is 6. The second-order valence-electron chi connectivity index (χ2n) is 7.05. The van der Waals surface area contributed by atoms with Gasteiger partial charge >= 0.3 is 0 Å². The lowest BCUT2D eigenvalue weighted by atomic mass is 10.1. The molecule has 3 heterocycles. The summed E-state index contributed by atoms with van der Waals surface area (Å²) in [7, 11) is 0. The zero-order chi connectivity index (χ0) is 20.8. The standard InChI is InChI=1S/C18H22N6O5/c1-18(28,9-5-3-2-4-6-9)23-17-21-14(19)11-15(22-17)24(8-20-11)16-13(27)12(26)10(7-25)29-16/h2-6,8,10,12-13,16,25-28H,7H2,1H3,(H3,19,21,22,23)/t10-,12?,13?,16-,18?/m1/s1. The predicted molar refractivity (Wildman–Crippen MR) is 102 cm³/mol. The number of nitrogen functional groups attached to an aromatic ring is 1. The van der Waals surface area contributed by atoms with Crippen LogP contribution in [0.1, 0.15) is 18.7 Å². The van der Waals surface area contributed by atoms with Crippen molar-refractivity contribution < 1.29 is 25.2 Å². The third-order valence-corrected chi connectivity index (χ3v) is 4.93. The number of hydrogen-bond acceptors (Lipinski definition) is 10. The normalized spacial score (nSPS) is 26.5. The predicted octanol–water partition coefficient (Wildman–Crippen LogP) is -0.703. The molecule has 11 heteroatoms. The molecule has 4 rings (SSSR count). The third-order valence-electron chi connectivity index (χ3n) is 4.93. The smallest absolute Gasteiger partial charge is 0.229 e. The molecule has 0 aliphatic carbocycles. The highest BCUT2D eigenvalue weighted by atomic mass is 16.6. The van der Waals surface area contributed by atoms with Crippen molar-refractivity contribution >= 4 is 22.9 Å². The van der Waals surface area contributed by atoms with E-state index in [0.717, 1.165) is 0 Å². The second kappa shape index (κ2) is 7.21. The van der Waals surface area contributed by atoms with Crippen LogP contribution in [0.5, 0.6) is 0 Å². The van der Waals surface area contributed by atoms with Gasteiger partial charge in [0.1, 0.15) is 23.8 Å². The molecule has 0 radical (unpaired) electrons. The summed E-state index contributed by atoms with van der Waals surface area (Å²) in [4.78, 5) is 12.7. The molecule has 1 fully saturated rings. The molecule has 2 aromatic heterocycles. The molecule has 1 aliphatic heterocycles. The van der Waals surface area contributed by atoms with Gasteiger partial charge in [-0.05, 0) is 6.92 Å². The monoisotopic (exact) mass is 402 g/mol. The highest BCUT2D eigenvalue weighted by molar-refractivity contribution is 5.83. The molecule has 0 saturated carbocycles. The van der Waals surface area contributed by atoms with Gasteiger partial charge in [0, 0.05) is 5.56 Å². The van der Waals surface area contributed by atoms with Gasteiger partial charge in [-0.25, -0.2) is 4.98 Å². The van der Waals surface area contributed by atoms with Crippen molar-refractivity contribution in [3.8, 4) is 0 Å². The number of anilines is 2. The number of fused-ring (bicyclic) bond motifs is 1. The molecule has 0 spiro atoms. The molecule has 1 aliphatic rings. The van der Waals surface area contributed by atoms with E-state index in [9.17, 15) is 20.4 Å². The highest BCUT2D eigenvalue weighted by Gasteiger charge is 2.44. The Morgan fingerprint density at radius 2 is 1.93 bits per heavy atom. The third kappa shape index (κ3) is 3.39. The van der Waals surface area contributed by atoms with E-state index in [0.29, 0.717) is 5.56 Å². The van der Waals surface area contributed by atoms with Gasteiger partial charge in [0.05, 0.1) is 12.9 Å². The van der Waals surface area contributed by atoms with Crippen LogP contribution in [0.4, 0.5) is 11.8 Å². The number of nitrogens with one attached hydrogen (secondary N) is 1. The first-order valence-corrected chi connectivity index (χ1v) is 9.00. The van der Waals surface area contributed by atoms with Crippen molar-refractivity contribution in [3.05, 3.63) is 42.2 Å². The van der Waals surface area contributed by atoms with Crippen LogP contribution >= 0.6 is 0 Å². The Hall–Kier alpha value is -2.83. The van der Waals surface area contributed by atoms with E-state index in [4.69, 9.17) is 10.5 Å². The minimum atomic E-state index is -1.48. The molecule has 29 heavy (non-hydrogen) atoms. The van der Waals surface area contributed by atoms with Gasteiger partial charge in [0.25, 0.3) is 0 Å². The van der Waals surface area contributed by atoms with Gasteiger partial charge in [-0.3, -0.25) is 4.57 Å². The molecule has 5 atom stereocenters. The number of aliphatic hydroxyl groups excluding tert-OH is 3. The Morgan fingerprint density at radius 3 is 2.59 bits per heavy atom. The second-order valence-corrected chi connectivity index (χ2v) is 7.05. The molecular weight excluding hydrogens is 380 g/mol. The number of ether oxygens (including phenoxy) is 1. The summed E-state index contributed by atoms with van der Waals surface area (Å²) in [6.07, 6.45) is -3.18. The van der Waals surface area contributed by atoms with E-state index in [2.05, 4.69) is 20.3 Å². The summed E-state index contributed by atoms with van der Waals surface area (Å²) >= 11 is 0. The maximum Gasteiger partial charge on any atom is 0.229 e. The summed E-state index contributed by atoms with van der Waals surface area (Å²) < 4.78 is 6.94. The topological polar surface area (TPSA) is 172 Å². The van der Waals surface area contributed by atoms with E-state index >= 15 is 0 Å². The Balaban J connectivity index is 1.71. The number of aliphatic hydroxyl groups is 4. The van der Waals surface area contributed by atoms with Crippen LogP contribution in [0, 0.1) is 0 Å². The maximum atomic E-state index is 10.8. The van der Waals surface area contributed by atoms with E-state index in [1.807, 2.05) is 6.07 Å². The van der Waals surface area contributed by atoms with Crippen molar-refractivity contribution in [1.82, 2.24) is 19.5 Å². The molecule has 3 unspecified atom stereocenters. The van der Waals surface area contributed by atoms with Crippen LogP contribution in [0.25, 0.3) is 11.2 Å². The van der Waals surface area contributed by atoms with E-state index in [1.165, 1.54) is 10.9 Å². The van der Waals surface area contributed by atoms with Gasteiger partial charge in [-0.2, -0.15) is 9.97 Å². The summed E-state index contributed by atoms with van der Waals surface area (Å²) in [5.74, 6) is 0.101. The van der Waals surface area contributed by atoms with Gasteiger partial charge in [-0.15, -0.1) is 0 Å². The lowest BCUT2D eigenvalue weighted by Gasteiger charge is -2.25. The summed E-state index contributed by atoms with van der Waals surface area (Å²) in [6.45, 7) is 1.10. The number of nitrogens with two attached hydrogens (primary N) is 1. The molecule has 3 aromatic rings. The first-order chi connectivity index (χ1) is 13.8. The van der Waals surface area contributed by atoms with E-state index in [-0.39, 0.29) is 22.9 Å². The highest BCUT2D eigenvalue weighted by Crippen LogP contribution is 2.32. The van der Waals surface area contributed by atoms with Gasteiger partial charge in [0.15, 0.2) is 23.4 Å². The lowest BCUT2D eigenvalue weighted by Crippen LogP contribution is -2.33. The maximum absolute atomic E-state index is 10.8. The molecule has 11 nitrogen and oxygen atoms in total. The van der Waals surface area contributed by atoms with E-state index in [1.54, 1.807) is 31.2 Å². The molecule has 1 aromatic carbocycles. The Bertz CT molecular complexity index is 1010. The van der Waals surface area contributed by atoms with Gasteiger partial charge in [0.2, 0.25) is 5.95 Å². The van der Waals surface area contributed by atoms with Crippen molar-refractivity contribution in [1.29, 1.82) is 0 Å². The fourth-order valence-corrected chi connectivity index (χ4v) is 3.34. The number of aromatic nitrogens is 4. The fraction of sp³-hybridized carbons (Fsp3) is 0.389.